The van der Waals surface area contributed by atoms with Crippen LogP contribution in [0, 0.1) is 0 Å². The van der Waals surface area contributed by atoms with Crippen LogP contribution in [0.25, 0.3) is 0 Å². The second kappa shape index (κ2) is 12.1. The summed E-state index contributed by atoms with van der Waals surface area (Å²) in [5.74, 6) is -3.91. The molecule has 1 unspecified atom stereocenters. The van der Waals surface area contributed by atoms with Gasteiger partial charge in [0.1, 0.15) is 6.04 Å². The van der Waals surface area contributed by atoms with E-state index in [1.54, 1.807) is 0 Å². The SMILES string of the molecule is NC(N)=Nc1cccc(C(=O)NCC(=O)NC(CC(=O)O)C(F)(F)F)c1.O=CC(F)(F)F.[HH].[HH]. The summed E-state index contributed by atoms with van der Waals surface area (Å²) in [7, 11) is 0. The third-order valence-corrected chi connectivity index (χ3v) is 3.02. The van der Waals surface area contributed by atoms with Gasteiger partial charge in [-0.15, -0.1) is 0 Å². The highest BCUT2D eigenvalue weighted by Gasteiger charge is 2.42. The number of carbonyl (C=O) groups excluding carboxylic acids is 3. The van der Waals surface area contributed by atoms with E-state index in [1.807, 2.05) is 0 Å². The standard InChI is InChI=1S/C14H16F3N5O4.C2HF3O.2H2/c15-14(16,17)9(5-11(24)25)22-10(23)6-20-12(26)7-2-1-3-8(4-7)21-13(18)19;3-2(4,5)1-6;;/h1-4,9H,5-6H2,(H,20,26)(H,22,23)(H,24,25)(H4,18,19,21);1H;2*1H. The number of hydrogen-bond acceptors (Lipinski definition) is 5. The van der Waals surface area contributed by atoms with Gasteiger partial charge in [0.05, 0.1) is 18.7 Å². The Labute approximate surface area is 178 Å². The number of aliphatic imine (C=N–C) groups is 1. The number of benzene rings is 1. The number of guanidine groups is 1. The van der Waals surface area contributed by atoms with Crippen molar-refractivity contribution in [1.82, 2.24) is 10.6 Å². The van der Waals surface area contributed by atoms with Gasteiger partial charge in [0, 0.05) is 8.42 Å². The molecule has 16 heteroatoms. The van der Waals surface area contributed by atoms with Gasteiger partial charge in [0.2, 0.25) is 12.2 Å². The van der Waals surface area contributed by atoms with Gasteiger partial charge < -0.3 is 27.2 Å². The molecule has 0 heterocycles. The Morgan fingerprint density at radius 3 is 2.16 bits per heavy atom. The van der Waals surface area contributed by atoms with Crippen molar-refractivity contribution in [2.75, 3.05) is 6.54 Å². The van der Waals surface area contributed by atoms with Gasteiger partial charge in [-0.1, -0.05) is 6.07 Å². The van der Waals surface area contributed by atoms with Crippen molar-refractivity contribution in [2.24, 2.45) is 16.5 Å². The number of nitrogens with zero attached hydrogens (tertiary/aromatic N) is 1. The second-order valence-corrected chi connectivity index (χ2v) is 5.69. The third kappa shape index (κ3) is 12.7. The number of carboxylic acid groups (broad SMARTS) is 1. The van der Waals surface area contributed by atoms with Crippen LogP contribution in [0.15, 0.2) is 29.3 Å². The van der Waals surface area contributed by atoms with E-state index in [0.717, 1.165) is 0 Å². The van der Waals surface area contributed by atoms with Crippen molar-refractivity contribution in [3.8, 4) is 0 Å². The summed E-state index contributed by atoms with van der Waals surface area (Å²) in [6.07, 6.45) is -12.0. The largest absolute Gasteiger partial charge is 0.481 e. The van der Waals surface area contributed by atoms with Gasteiger partial charge in [-0.25, -0.2) is 4.99 Å². The average molecular weight is 477 g/mol. The number of alkyl halides is 6. The molecule has 0 radical (unpaired) electrons. The van der Waals surface area contributed by atoms with Crippen LogP contribution in [0.3, 0.4) is 0 Å². The molecular formula is C16H21F6N5O5. The zero-order chi connectivity index (χ0) is 25.1. The smallest absolute Gasteiger partial charge is 0.446 e. The Balaban J connectivity index is -0.00000106. The molecule has 1 rings (SSSR count). The lowest BCUT2D eigenvalue weighted by Crippen LogP contribution is -2.49. The number of rotatable bonds is 7. The molecule has 7 N–H and O–H groups in total. The van der Waals surface area contributed by atoms with Gasteiger partial charge in [0.15, 0.2) is 5.96 Å². The van der Waals surface area contributed by atoms with E-state index < -0.39 is 55.4 Å². The lowest BCUT2D eigenvalue weighted by Gasteiger charge is -2.20. The summed E-state index contributed by atoms with van der Waals surface area (Å²) in [5, 5.41) is 12.1. The Hall–Kier alpha value is -3.85. The average Bonchev–Trinajstić information content (AvgIpc) is 2.64. The zero-order valence-electron chi connectivity index (χ0n) is 15.8. The number of halogens is 6. The van der Waals surface area contributed by atoms with Crippen molar-refractivity contribution in [3.05, 3.63) is 29.8 Å². The summed E-state index contributed by atoms with van der Waals surface area (Å²) >= 11 is 0. The van der Waals surface area contributed by atoms with Crippen LogP contribution in [0.1, 0.15) is 19.6 Å². The fraction of sp³-hybridized carbons (Fsp3) is 0.312. The van der Waals surface area contributed by atoms with E-state index in [1.165, 1.54) is 29.6 Å². The van der Waals surface area contributed by atoms with Crippen LogP contribution in [0.5, 0.6) is 0 Å². The number of hydrogen-bond donors (Lipinski definition) is 5. The normalized spacial score (nSPS) is 11.8. The Morgan fingerprint density at radius 2 is 1.72 bits per heavy atom. The Bertz CT molecular complexity index is 863. The van der Waals surface area contributed by atoms with Gasteiger partial charge >= 0.3 is 18.3 Å². The van der Waals surface area contributed by atoms with Crippen molar-refractivity contribution in [1.29, 1.82) is 0 Å². The molecule has 0 spiro atoms. The first-order valence-corrected chi connectivity index (χ1v) is 8.14. The van der Waals surface area contributed by atoms with Crippen molar-refractivity contribution in [3.63, 3.8) is 0 Å². The summed E-state index contributed by atoms with van der Waals surface area (Å²) in [4.78, 5) is 46.4. The number of carboxylic acids is 1. The molecule has 0 aliphatic rings. The highest BCUT2D eigenvalue weighted by Crippen LogP contribution is 2.22. The predicted molar refractivity (Wildman–Crippen MR) is 101 cm³/mol. The van der Waals surface area contributed by atoms with Crippen molar-refractivity contribution >= 4 is 35.7 Å². The van der Waals surface area contributed by atoms with E-state index in [2.05, 4.69) is 10.3 Å². The van der Waals surface area contributed by atoms with Crippen molar-refractivity contribution in [2.45, 2.75) is 24.8 Å². The fourth-order valence-electron chi connectivity index (χ4n) is 1.80. The van der Waals surface area contributed by atoms with E-state index in [0.29, 0.717) is 0 Å². The van der Waals surface area contributed by atoms with Gasteiger partial charge in [0.25, 0.3) is 5.91 Å². The van der Waals surface area contributed by atoms with E-state index in [4.69, 9.17) is 21.4 Å². The van der Waals surface area contributed by atoms with Crippen LogP contribution in [0.4, 0.5) is 32.0 Å². The topological polar surface area (TPSA) is 177 Å². The van der Waals surface area contributed by atoms with Gasteiger partial charge in [-0.3, -0.25) is 19.2 Å². The summed E-state index contributed by atoms with van der Waals surface area (Å²) in [6, 6.07) is 3.08. The quantitative estimate of drug-likeness (QED) is 0.169. The van der Waals surface area contributed by atoms with E-state index >= 15 is 0 Å². The molecule has 0 saturated heterocycles. The van der Waals surface area contributed by atoms with Crippen LogP contribution < -0.4 is 22.1 Å². The molecule has 0 fully saturated rings. The molecule has 0 saturated carbocycles. The minimum Gasteiger partial charge on any atom is -0.481 e. The third-order valence-electron chi connectivity index (χ3n) is 3.02. The van der Waals surface area contributed by atoms with Crippen molar-refractivity contribution < 1.29 is 53.5 Å². The number of nitrogens with one attached hydrogen (secondary N) is 2. The summed E-state index contributed by atoms with van der Waals surface area (Å²) in [5.41, 5.74) is 10.7. The number of carbonyl (C=O) groups is 4. The lowest BCUT2D eigenvalue weighted by atomic mass is 10.2. The first kappa shape index (κ1) is 28.2. The molecule has 1 aromatic carbocycles. The Kier molecular flexibility index (Phi) is 10.7. The summed E-state index contributed by atoms with van der Waals surface area (Å²) in [6.45, 7) is -0.780. The minimum absolute atomic E-state index is 0. The van der Waals surface area contributed by atoms with Crippen LogP contribution in [-0.2, 0) is 14.4 Å². The maximum absolute atomic E-state index is 12.7. The molecule has 0 aromatic heterocycles. The van der Waals surface area contributed by atoms with Gasteiger partial charge in [-0.05, 0) is 18.2 Å². The van der Waals surface area contributed by atoms with Crippen LogP contribution in [-0.4, -0.2) is 60.1 Å². The van der Waals surface area contributed by atoms with E-state index in [9.17, 15) is 40.7 Å². The van der Waals surface area contributed by atoms with Crippen LogP contribution >= 0.6 is 0 Å². The highest BCUT2D eigenvalue weighted by atomic mass is 19.4. The molecule has 2 amide bonds. The molecule has 1 aromatic rings. The monoisotopic (exact) mass is 477 g/mol. The molecule has 0 bridgehead atoms. The first-order valence-electron chi connectivity index (χ1n) is 8.14. The molecule has 1 atom stereocenters. The number of aldehydes is 1. The molecule has 0 aliphatic carbocycles. The molecular weight excluding hydrogens is 456 g/mol. The predicted octanol–water partition coefficient (Wildman–Crippen LogP) is 1.08. The second-order valence-electron chi connectivity index (χ2n) is 5.69. The highest BCUT2D eigenvalue weighted by molar-refractivity contribution is 5.97. The fourth-order valence-corrected chi connectivity index (χ4v) is 1.80. The van der Waals surface area contributed by atoms with Crippen LogP contribution in [0.2, 0.25) is 0 Å². The lowest BCUT2D eigenvalue weighted by molar-refractivity contribution is -0.169. The number of aliphatic carboxylic acids is 1. The maximum Gasteiger partial charge on any atom is 0.446 e. The summed E-state index contributed by atoms with van der Waals surface area (Å²) < 4.78 is 69.2. The van der Waals surface area contributed by atoms with Gasteiger partial charge in [-0.2, -0.15) is 26.3 Å². The first-order chi connectivity index (χ1) is 14.5. The molecule has 32 heavy (non-hydrogen) atoms. The van der Waals surface area contributed by atoms with E-state index in [-0.39, 0.29) is 20.1 Å². The zero-order valence-corrected chi connectivity index (χ0v) is 15.8. The molecule has 0 aliphatic heterocycles. The minimum atomic E-state index is -4.94. The molecule has 10 nitrogen and oxygen atoms in total. The molecule has 182 valence electrons. The maximum atomic E-state index is 12.7. The number of nitrogens with two attached hydrogens (primary N) is 2. The Morgan fingerprint density at radius 1 is 1.16 bits per heavy atom. The number of amides is 2.